The third-order valence-corrected chi connectivity index (χ3v) is 1.33. The van der Waals surface area contributed by atoms with Gasteiger partial charge in [-0.2, -0.15) is 4.90 Å². The van der Waals surface area contributed by atoms with Crippen LogP contribution >= 0.6 is 0 Å². The van der Waals surface area contributed by atoms with Crippen molar-refractivity contribution >= 4 is 35.7 Å². The maximum Gasteiger partial charge on any atom is 2.00 e. The van der Waals surface area contributed by atoms with Crippen LogP contribution < -0.4 is 17.1 Å². The zero-order valence-electron chi connectivity index (χ0n) is 6.21. The van der Waals surface area contributed by atoms with Gasteiger partial charge < -0.3 is 29.8 Å². The number of methoxy groups -OCH3 is 1. The maximum absolute atomic E-state index is 4.92. The molecule has 0 spiro atoms. The van der Waals surface area contributed by atoms with E-state index in [9.17, 15) is 0 Å². The minimum Gasteiger partial charge on any atom is -1.00 e. The minimum absolute atomic E-state index is 0. The minimum atomic E-state index is 0. The summed E-state index contributed by atoms with van der Waals surface area (Å²) in [7, 11) is 1.64. The molecular formula is C7H7ClMgOS. The van der Waals surface area contributed by atoms with Gasteiger partial charge in [-0.05, 0) is 12.1 Å². The van der Waals surface area contributed by atoms with Crippen molar-refractivity contribution in [2.24, 2.45) is 0 Å². The van der Waals surface area contributed by atoms with Crippen LogP contribution in [0.1, 0.15) is 0 Å². The Morgan fingerprint density at radius 2 is 1.64 bits per heavy atom. The van der Waals surface area contributed by atoms with Crippen LogP contribution in [0.4, 0.5) is 0 Å². The fraction of sp³-hybridized carbons (Fsp3) is 0.143. The van der Waals surface area contributed by atoms with E-state index in [0.717, 1.165) is 10.6 Å². The number of benzene rings is 1. The Hall–Kier alpha value is 0.296. The number of halogens is 1. The van der Waals surface area contributed by atoms with Gasteiger partial charge in [0.25, 0.3) is 0 Å². The molecule has 0 heterocycles. The molecule has 0 unspecified atom stereocenters. The summed E-state index contributed by atoms with van der Waals surface area (Å²) in [5.74, 6) is 0.851. The summed E-state index contributed by atoms with van der Waals surface area (Å²) in [4.78, 5) is 0.843. The van der Waals surface area contributed by atoms with E-state index >= 15 is 0 Å². The molecule has 0 aliphatic carbocycles. The summed E-state index contributed by atoms with van der Waals surface area (Å²) in [6, 6.07) is 7.38. The van der Waals surface area contributed by atoms with Gasteiger partial charge in [-0.1, -0.05) is 12.1 Å². The third-order valence-electron chi connectivity index (χ3n) is 1.06. The van der Waals surface area contributed by atoms with Gasteiger partial charge in [0.1, 0.15) is 5.75 Å². The van der Waals surface area contributed by atoms with Crippen molar-refractivity contribution in [3.8, 4) is 5.75 Å². The fourth-order valence-electron chi connectivity index (χ4n) is 0.576. The first-order chi connectivity index (χ1) is 4.33. The van der Waals surface area contributed by atoms with E-state index < -0.39 is 0 Å². The molecule has 56 valence electrons. The summed E-state index contributed by atoms with van der Waals surface area (Å²) < 4.78 is 4.92. The third kappa shape index (κ3) is 4.69. The van der Waals surface area contributed by atoms with E-state index in [-0.39, 0.29) is 35.5 Å². The molecule has 0 amide bonds. The predicted octanol–water partition coefficient (Wildman–Crippen LogP) is -1.78. The molecule has 0 saturated heterocycles. The summed E-state index contributed by atoms with van der Waals surface area (Å²) in [5, 5.41) is 0. The second-order valence-corrected chi connectivity index (χ2v) is 2.15. The molecule has 0 radical (unpaired) electrons. The number of hydrogen-bond donors (Lipinski definition) is 0. The van der Waals surface area contributed by atoms with E-state index in [2.05, 4.69) is 0 Å². The molecule has 1 nitrogen and oxygen atoms in total. The van der Waals surface area contributed by atoms with E-state index in [1.54, 1.807) is 7.11 Å². The van der Waals surface area contributed by atoms with Crippen molar-refractivity contribution in [2.45, 2.75) is 4.90 Å². The van der Waals surface area contributed by atoms with E-state index in [4.69, 9.17) is 17.4 Å². The zero-order chi connectivity index (χ0) is 6.69. The second-order valence-electron chi connectivity index (χ2n) is 1.68. The monoisotopic (exact) mass is 198 g/mol. The Balaban J connectivity index is 0. The molecule has 0 aliphatic rings. The molecule has 0 atom stereocenters. The molecule has 4 heteroatoms. The topological polar surface area (TPSA) is 9.23 Å². The summed E-state index contributed by atoms with van der Waals surface area (Å²) in [6.07, 6.45) is 0. The van der Waals surface area contributed by atoms with Gasteiger partial charge in [-0.25, -0.2) is 0 Å². The normalized spacial score (nSPS) is 7.36. The summed E-state index contributed by atoms with van der Waals surface area (Å²) in [5.41, 5.74) is 0. The van der Waals surface area contributed by atoms with Crippen LogP contribution in [0.15, 0.2) is 29.2 Å². The number of rotatable bonds is 1. The summed E-state index contributed by atoms with van der Waals surface area (Å²) >= 11 is 4.86. The molecule has 1 rings (SSSR count). The molecule has 0 N–H and O–H groups in total. The van der Waals surface area contributed by atoms with Gasteiger partial charge in [0.2, 0.25) is 0 Å². The molecule has 11 heavy (non-hydrogen) atoms. The maximum atomic E-state index is 4.92. The second kappa shape index (κ2) is 6.97. The quantitative estimate of drug-likeness (QED) is 0.390. The average molecular weight is 199 g/mol. The largest absolute Gasteiger partial charge is 2.00 e. The first-order valence-corrected chi connectivity index (χ1v) is 3.05. The number of hydrogen-bond acceptors (Lipinski definition) is 2. The Labute approximate surface area is 94.5 Å². The van der Waals surface area contributed by atoms with Crippen LogP contribution in [0.2, 0.25) is 0 Å². The van der Waals surface area contributed by atoms with Crippen LogP contribution in [0.25, 0.3) is 0 Å². The van der Waals surface area contributed by atoms with Crippen molar-refractivity contribution in [3.05, 3.63) is 24.3 Å². The molecule has 1 aromatic carbocycles. The first-order valence-electron chi connectivity index (χ1n) is 2.64. The van der Waals surface area contributed by atoms with Gasteiger partial charge in [0, 0.05) is 0 Å². The van der Waals surface area contributed by atoms with Crippen molar-refractivity contribution in [3.63, 3.8) is 0 Å². The summed E-state index contributed by atoms with van der Waals surface area (Å²) in [6.45, 7) is 0. The Kier molecular flexibility index (Phi) is 8.78. The molecule has 1 aromatic rings. The molecule has 0 aromatic heterocycles. The van der Waals surface area contributed by atoms with Crippen molar-refractivity contribution in [1.29, 1.82) is 0 Å². The Bertz CT molecular complexity index is 190. The van der Waals surface area contributed by atoms with Crippen LogP contribution in [-0.2, 0) is 12.6 Å². The van der Waals surface area contributed by atoms with E-state index in [1.165, 1.54) is 0 Å². The predicted molar refractivity (Wildman–Crippen MR) is 44.4 cm³/mol. The number of ether oxygens (including phenoxy) is 1. The van der Waals surface area contributed by atoms with Gasteiger partial charge in [0.15, 0.2) is 0 Å². The standard InChI is InChI=1S/C7H8OS.ClH.Mg/c1-8-6-2-4-7(9)5-3-6;;/h2-5,9H,1H3;1H;/q;;+2/p-2. The van der Waals surface area contributed by atoms with Crippen LogP contribution in [0.3, 0.4) is 0 Å². The molecule has 0 bridgehead atoms. The molecule has 0 saturated carbocycles. The van der Waals surface area contributed by atoms with Crippen LogP contribution in [0, 0.1) is 0 Å². The van der Waals surface area contributed by atoms with Crippen LogP contribution in [-0.4, -0.2) is 30.2 Å². The molecular weight excluding hydrogens is 192 g/mol. The molecule has 0 fully saturated rings. The van der Waals surface area contributed by atoms with Gasteiger partial charge in [-0.15, -0.1) is 0 Å². The van der Waals surface area contributed by atoms with Crippen molar-refractivity contribution in [1.82, 2.24) is 0 Å². The van der Waals surface area contributed by atoms with Crippen molar-refractivity contribution < 1.29 is 17.1 Å². The molecule has 0 aliphatic heterocycles. The first kappa shape index (κ1) is 13.9. The van der Waals surface area contributed by atoms with Gasteiger partial charge in [-0.3, -0.25) is 0 Å². The fourth-order valence-corrected chi connectivity index (χ4v) is 0.712. The van der Waals surface area contributed by atoms with E-state index in [1.807, 2.05) is 24.3 Å². The average Bonchev–Trinajstić information content (AvgIpc) is 1.90. The van der Waals surface area contributed by atoms with Gasteiger partial charge in [0.05, 0.1) is 7.11 Å². The zero-order valence-corrected chi connectivity index (χ0v) is 9.20. The van der Waals surface area contributed by atoms with E-state index in [0.29, 0.717) is 0 Å². The Morgan fingerprint density at radius 3 is 2.00 bits per heavy atom. The van der Waals surface area contributed by atoms with Crippen molar-refractivity contribution in [2.75, 3.05) is 7.11 Å². The smallest absolute Gasteiger partial charge is 1.00 e. The van der Waals surface area contributed by atoms with Gasteiger partial charge >= 0.3 is 23.1 Å². The SMILES string of the molecule is COc1ccc([S-])cc1.[Cl-].[Mg+2]. The Morgan fingerprint density at radius 1 is 1.18 bits per heavy atom. The van der Waals surface area contributed by atoms with Crippen LogP contribution in [0.5, 0.6) is 5.75 Å².